The number of benzene rings is 1. The summed E-state index contributed by atoms with van der Waals surface area (Å²) in [5.41, 5.74) is 0.909. The second-order valence-corrected chi connectivity index (χ2v) is 4.46. The molecule has 4 heteroatoms. The summed E-state index contributed by atoms with van der Waals surface area (Å²) in [6, 6.07) is 9.64. The third-order valence-corrected chi connectivity index (χ3v) is 3.08. The zero-order chi connectivity index (χ0) is 13.7. The van der Waals surface area contributed by atoms with E-state index in [1.54, 1.807) is 6.20 Å². The molecule has 0 bridgehead atoms. The van der Waals surface area contributed by atoms with Crippen LogP contribution in [0.3, 0.4) is 0 Å². The highest BCUT2D eigenvalue weighted by Gasteiger charge is 2.15. The molecule has 2 unspecified atom stereocenters. The average Bonchev–Trinajstić information content (AvgIpc) is 2.88. The fourth-order valence-corrected chi connectivity index (χ4v) is 2.13. The molecule has 2 atom stereocenters. The van der Waals surface area contributed by atoms with E-state index in [-0.39, 0.29) is 6.10 Å². The van der Waals surface area contributed by atoms with E-state index in [4.69, 9.17) is 4.74 Å². The summed E-state index contributed by atoms with van der Waals surface area (Å²) >= 11 is 0. The van der Waals surface area contributed by atoms with Crippen LogP contribution in [0.15, 0.2) is 42.7 Å². The quantitative estimate of drug-likeness (QED) is 0.868. The summed E-state index contributed by atoms with van der Waals surface area (Å²) in [6.45, 7) is 5.06. The van der Waals surface area contributed by atoms with Crippen LogP contribution >= 0.6 is 0 Å². The minimum Gasteiger partial charge on any atom is -0.387 e. The molecule has 19 heavy (non-hydrogen) atoms. The van der Waals surface area contributed by atoms with Crippen LogP contribution in [0.1, 0.15) is 37.4 Å². The van der Waals surface area contributed by atoms with Gasteiger partial charge in [0, 0.05) is 19.0 Å². The van der Waals surface area contributed by atoms with E-state index >= 15 is 0 Å². The highest BCUT2D eigenvalue weighted by molar-refractivity contribution is 5.17. The van der Waals surface area contributed by atoms with Crippen LogP contribution in [0.5, 0.6) is 0 Å². The summed E-state index contributed by atoms with van der Waals surface area (Å²) in [7, 11) is 0. The molecule has 1 aromatic heterocycles. The molecular weight excluding hydrogens is 240 g/mol. The molecule has 0 fully saturated rings. The van der Waals surface area contributed by atoms with Gasteiger partial charge >= 0.3 is 0 Å². The molecule has 1 heterocycles. The van der Waals surface area contributed by atoms with E-state index in [0.29, 0.717) is 13.2 Å². The Balaban J connectivity index is 2.09. The van der Waals surface area contributed by atoms with Gasteiger partial charge in [0.15, 0.2) is 0 Å². The molecule has 0 radical (unpaired) electrons. The molecule has 0 aliphatic heterocycles. The SMILES string of the molecule is CCOC(C)c1nccn1CC(O)c1ccccc1. The molecule has 0 spiro atoms. The van der Waals surface area contributed by atoms with Gasteiger partial charge in [-0.05, 0) is 19.4 Å². The molecule has 0 saturated heterocycles. The van der Waals surface area contributed by atoms with Gasteiger partial charge in [0.05, 0.1) is 12.6 Å². The molecule has 0 saturated carbocycles. The maximum Gasteiger partial charge on any atom is 0.137 e. The fraction of sp³-hybridized carbons (Fsp3) is 0.400. The van der Waals surface area contributed by atoms with Gasteiger partial charge in [0.2, 0.25) is 0 Å². The molecule has 1 aromatic carbocycles. The van der Waals surface area contributed by atoms with Gasteiger partial charge in [-0.15, -0.1) is 0 Å². The number of hydrogen-bond acceptors (Lipinski definition) is 3. The number of hydrogen-bond donors (Lipinski definition) is 1. The van der Waals surface area contributed by atoms with Crippen LogP contribution in [0.2, 0.25) is 0 Å². The number of imidazole rings is 1. The van der Waals surface area contributed by atoms with Gasteiger partial charge in [-0.2, -0.15) is 0 Å². The summed E-state index contributed by atoms with van der Waals surface area (Å²) in [5, 5.41) is 10.2. The second-order valence-electron chi connectivity index (χ2n) is 4.46. The number of ether oxygens (including phenoxy) is 1. The Morgan fingerprint density at radius 2 is 2.05 bits per heavy atom. The first-order chi connectivity index (χ1) is 9.22. The largest absolute Gasteiger partial charge is 0.387 e. The predicted octanol–water partition coefficient (Wildman–Crippen LogP) is 2.71. The van der Waals surface area contributed by atoms with Crippen LogP contribution in [0.4, 0.5) is 0 Å². The third-order valence-electron chi connectivity index (χ3n) is 3.08. The van der Waals surface area contributed by atoms with Crippen molar-refractivity contribution in [2.24, 2.45) is 0 Å². The molecule has 4 nitrogen and oxygen atoms in total. The number of aromatic nitrogens is 2. The molecular formula is C15H20N2O2. The summed E-state index contributed by atoms with van der Waals surface area (Å²) in [6.07, 6.45) is 3.01. The van der Waals surface area contributed by atoms with Crippen LogP contribution in [0.25, 0.3) is 0 Å². The third kappa shape index (κ3) is 3.43. The van der Waals surface area contributed by atoms with Gasteiger partial charge in [-0.1, -0.05) is 30.3 Å². The molecule has 102 valence electrons. The minimum absolute atomic E-state index is 0.0667. The van der Waals surface area contributed by atoms with E-state index in [1.807, 2.05) is 54.9 Å². The van der Waals surface area contributed by atoms with Gasteiger partial charge in [0.25, 0.3) is 0 Å². The molecule has 0 amide bonds. The van der Waals surface area contributed by atoms with E-state index in [2.05, 4.69) is 4.98 Å². The minimum atomic E-state index is -0.539. The highest BCUT2D eigenvalue weighted by atomic mass is 16.5. The Bertz CT molecular complexity index is 496. The maximum atomic E-state index is 10.2. The van der Waals surface area contributed by atoms with Crippen molar-refractivity contribution in [1.29, 1.82) is 0 Å². The molecule has 2 rings (SSSR count). The summed E-state index contributed by atoms with van der Waals surface area (Å²) < 4.78 is 7.49. The van der Waals surface area contributed by atoms with Crippen molar-refractivity contribution in [3.8, 4) is 0 Å². The maximum absolute atomic E-state index is 10.2. The van der Waals surface area contributed by atoms with Crippen molar-refractivity contribution in [2.75, 3.05) is 6.61 Å². The molecule has 0 aliphatic rings. The van der Waals surface area contributed by atoms with Gasteiger partial charge in [-0.25, -0.2) is 4.98 Å². The van der Waals surface area contributed by atoms with Crippen LogP contribution < -0.4 is 0 Å². The average molecular weight is 260 g/mol. The van der Waals surface area contributed by atoms with Gasteiger partial charge in [0.1, 0.15) is 11.9 Å². The van der Waals surface area contributed by atoms with Crippen molar-refractivity contribution in [3.63, 3.8) is 0 Å². The molecule has 0 aliphatic carbocycles. The topological polar surface area (TPSA) is 47.3 Å². The van der Waals surface area contributed by atoms with Crippen LogP contribution in [-0.2, 0) is 11.3 Å². The van der Waals surface area contributed by atoms with Gasteiger partial charge < -0.3 is 14.4 Å². The van der Waals surface area contributed by atoms with Crippen molar-refractivity contribution in [2.45, 2.75) is 32.6 Å². The van der Waals surface area contributed by atoms with Crippen LogP contribution in [0, 0.1) is 0 Å². The zero-order valence-corrected chi connectivity index (χ0v) is 11.4. The van der Waals surface area contributed by atoms with E-state index in [1.165, 1.54) is 0 Å². The van der Waals surface area contributed by atoms with Crippen molar-refractivity contribution in [3.05, 3.63) is 54.1 Å². The van der Waals surface area contributed by atoms with E-state index in [9.17, 15) is 5.11 Å². The van der Waals surface area contributed by atoms with E-state index < -0.39 is 6.10 Å². The lowest BCUT2D eigenvalue weighted by molar-refractivity contribution is 0.0644. The Morgan fingerprint density at radius 1 is 1.32 bits per heavy atom. The molecule has 1 N–H and O–H groups in total. The smallest absolute Gasteiger partial charge is 0.137 e. The Hall–Kier alpha value is -1.65. The predicted molar refractivity (Wildman–Crippen MR) is 73.7 cm³/mol. The lowest BCUT2D eigenvalue weighted by Gasteiger charge is -2.17. The summed E-state index contributed by atoms with van der Waals surface area (Å²) in [5.74, 6) is 0.844. The zero-order valence-electron chi connectivity index (χ0n) is 11.4. The number of aliphatic hydroxyl groups excluding tert-OH is 1. The first kappa shape index (κ1) is 13.8. The van der Waals surface area contributed by atoms with Gasteiger partial charge in [-0.3, -0.25) is 0 Å². The Labute approximate surface area is 113 Å². The Kier molecular flexibility index (Phi) is 4.71. The van der Waals surface area contributed by atoms with Crippen molar-refractivity contribution < 1.29 is 9.84 Å². The highest BCUT2D eigenvalue weighted by Crippen LogP contribution is 2.19. The van der Waals surface area contributed by atoms with E-state index in [0.717, 1.165) is 11.4 Å². The lowest BCUT2D eigenvalue weighted by Crippen LogP contribution is -2.14. The van der Waals surface area contributed by atoms with Crippen molar-refractivity contribution in [1.82, 2.24) is 9.55 Å². The monoisotopic (exact) mass is 260 g/mol. The molecule has 2 aromatic rings. The first-order valence-electron chi connectivity index (χ1n) is 6.58. The standard InChI is InChI=1S/C15H20N2O2/c1-3-19-12(2)15-16-9-10-17(15)11-14(18)13-7-5-4-6-8-13/h4-10,12,14,18H,3,11H2,1-2H3. The summed E-state index contributed by atoms with van der Waals surface area (Å²) in [4.78, 5) is 4.31. The lowest BCUT2D eigenvalue weighted by atomic mass is 10.1. The number of nitrogens with zero attached hydrogens (tertiary/aromatic N) is 2. The van der Waals surface area contributed by atoms with Crippen molar-refractivity contribution >= 4 is 0 Å². The number of rotatable bonds is 6. The van der Waals surface area contributed by atoms with Crippen LogP contribution in [-0.4, -0.2) is 21.3 Å². The number of aliphatic hydroxyl groups is 1. The first-order valence-corrected chi connectivity index (χ1v) is 6.58. The second kappa shape index (κ2) is 6.50. The Morgan fingerprint density at radius 3 is 2.74 bits per heavy atom. The fourth-order valence-electron chi connectivity index (χ4n) is 2.13. The normalized spacial score (nSPS) is 14.3.